The van der Waals surface area contributed by atoms with E-state index in [0.29, 0.717) is 11.5 Å². The van der Waals surface area contributed by atoms with Gasteiger partial charge in [-0.3, -0.25) is 0 Å². The molecule has 0 saturated carbocycles. The second-order valence-corrected chi connectivity index (χ2v) is 6.24. The fourth-order valence-electron chi connectivity index (χ4n) is 3.28. The SMILES string of the molecule is CCNC(CN1CCC(CC)(CC)C1)C(C)CC. The summed E-state index contributed by atoms with van der Waals surface area (Å²) in [4.78, 5) is 2.70. The van der Waals surface area contributed by atoms with Gasteiger partial charge in [0.15, 0.2) is 0 Å². The van der Waals surface area contributed by atoms with Gasteiger partial charge in [-0.05, 0) is 43.7 Å². The molecular weight excluding hydrogens is 220 g/mol. The van der Waals surface area contributed by atoms with Crippen LogP contribution < -0.4 is 5.32 Å². The maximum Gasteiger partial charge on any atom is 0.0220 e. The molecule has 2 atom stereocenters. The van der Waals surface area contributed by atoms with E-state index >= 15 is 0 Å². The molecule has 2 nitrogen and oxygen atoms in total. The third-order valence-corrected chi connectivity index (χ3v) is 5.27. The van der Waals surface area contributed by atoms with Gasteiger partial charge in [0.2, 0.25) is 0 Å². The highest BCUT2D eigenvalue weighted by atomic mass is 15.2. The van der Waals surface area contributed by atoms with Crippen LogP contribution in [0.1, 0.15) is 60.3 Å². The number of hydrogen-bond acceptors (Lipinski definition) is 2. The molecule has 1 aliphatic heterocycles. The molecule has 0 aromatic carbocycles. The monoisotopic (exact) mass is 254 g/mol. The summed E-state index contributed by atoms with van der Waals surface area (Å²) in [6.07, 6.45) is 5.36. The van der Waals surface area contributed by atoms with E-state index in [0.717, 1.165) is 12.5 Å². The molecule has 0 bridgehead atoms. The smallest absolute Gasteiger partial charge is 0.0220 e. The molecule has 2 unspecified atom stereocenters. The van der Waals surface area contributed by atoms with E-state index in [1.165, 1.54) is 45.3 Å². The second-order valence-electron chi connectivity index (χ2n) is 6.24. The van der Waals surface area contributed by atoms with E-state index in [2.05, 4.69) is 44.8 Å². The Balaban J connectivity index is 2.51. The Kier molecular flexibility index (Phi) is 6.65. The summed E-state index contributed by atoms with van der Waals surface area (Å²) < 4.78 is 0. The van der Waals surface area contributed by atoms with Gasteiger partial charge in [-0.1, -0.05) is 41.0 Å². The van der Waals surface area contributed by atoms with Gasteiger partial charge < -0.3 is 10.2 Å². The summed E-state index contributed by atoms with van der Waals surface area (Å²) in [6.45, 7) is 16.6. The lowest BCUT2D eigenvalue weighted by Gasteiger charge is -2.31. The average molecular weight is 254 g/mol. The maximum absolute atomic E-state index is 3.68. The summed E-state index contributed by atoms with van der Waals surface area (Å²) in [7, 11) is 0. The molecule has 0 aromatic rings. The van der Waals surface area contributed by atoms with Crippen LogP contribution in [0, 0.1) is 11.3 Å². The van der Waals surface area contributed by atoms with Crippen molar-refractivity contribution in [2.45, 2.75) is 66.3 Å². The fourth-order valence-corrected chi connectivity index (χ4v) is 3.28. The van der Waals surface area contributed by atoms with Crippen LogP contribution in [0.2, 0.25) is 0 Å². The summed E-state index contributed by atoms with van der Waals surface area (Å²) in [5.41, 5.74) is 0.617. The molecule has 1 aliphatic rings. The van der Waals surface area contributed by atoms with E-state index in [4.69, 9.17) is 0 Å². The molecule has 1 fully saturated rings. The zero-order valence-corrected chi connectivity index (χ0v) is 13.3. The number of likely N-dealkylation sites (N-methyl/N-ethyl adjacent to an activating group) is 1. The van der Waals surface area contributed by atoms with Gasteiger partial charge in [-0.15, -0.1) is 0 Å². The molecule has 18 heavy (non-hydrogen) atoms. The summed E-state index contributed by atoms with van der Waals surface area (Å²) in [5, 5.41) is 3.68. The normalized spacial score (nSPS) is 23.2. The number of nitrogens with zero attached hydrogens (tertiary/aromatic N) is 1. The van der Waals surface area contributed by atoms with Crippen LogP contribution in [-0.2, 0) is 0 Å². The van der Waals surface area contributed by atoms with E-state index < -0.39 is 0 Å². The van der Waals surface area contributed by atoms with Crippen LogP contribution in [0.15, 0.2) is 0 Å². The molecule has 2 heteroatoms. The summed E-state index contributed by atoms with van der Waals surface area (Å²) in [6, 6.07) is 0.671. The van der Waals surface area contributed by atoms with Crippen LogP contribution in [-0.4, -0.2) is 37.1 Å². The third kappa shape index (κ3) is 3.96. The predicted molar refractivity (Wildman–Crippen MR) is 81.0 cm³/mol. The minimum absolute atomic E-state index is 0.617. The number of rotatable bonds is 8. The Morgan fingerprint density at radius 1 is 1.17 bits per heavy atom. The van der Waals surface area contributed by atoms with E-state index in [9.17, 15) is 0 Å². The molecule has 1 rings (SSSR count). The molecule has 0 aliphatic carbocycles. The Hall–Kier alpha value is -0.0800. The van der Waals surface area contributed by atoms with Crippen LogP contribution in [0.5, 0.6) is 0 Å². The number of likely N-dealkylation sites (tertiary alicyclic amines) is 1. The van der Waals surface area contributed by atoms with Crippen molar-refractivity contribution in [3.8, 4) is 0 Å². The van der Waals surface area contributed by atoms with Crippen molar-refractivity contribution in [1.29, 1.82) is 0 Å². The lowest BCUT2D eigenvalue weighted by atomic mass is 9.82. The van der Waals surface area contributed by atoms with Crippen LogP contribution in [0.4, 0.5) is 0 Å². The summed E-state index contributed by atoms with van der Waals surface area (Å²) in [5.74, 6) is 0.781. The first kappa shape index (κ1) is 16.0. The topological polar surface area (TPSA) is 15.3 Å². The first-order valence-corrected chi connectivity index (χ1v) is 8.06. The van der Waals surface area contributed by atoms with Gasteiger partial charge in [-0.2, -0.15) is 0 Å². The van der Waals surface area contributed by atoms with Gasteiger partial charge in [0.05, 0.1) is 0 Å². The first-order valence-electron chi connectivity index (χ1n) is 8.06. The second kappa shape index (κ2) is 7.49. The molecule has 1 saturated heterocycles. The number of hydrogen-bond donors (Lipinski definition) is 1. The molecule has 0 spiro atoms. The van der Waals surface area contributed by atoms with E-state index in [-0.39, 0.29) is 0 Å². The van der Waals surface area contributed by atoms with Crippen molar-refractivity contribution in [2.75, 3.05) is 26.2 Å². The zero-order chi connectivity index (χ0) is 13.6. The first-order chi connectivity index (χ1) is 8.60. The molecular formula is C16H34N2. The summed E-state index contributed by atoms with van der Waals surface area (Å²) >= 11 is 0. The van der Waals surface area contributed by atoms with Crippen molar-refractivity contribution in [3.63, 3.8) is 0 Å². The average Bonchev–Trinajstić information content (AvgIpc) is 2.81. The third-order valence-electron chi connectivity index (χ3n) is 5.27. The van der Waals surface area contributed by atoms with Crippen molar-refractivity contribution in [1.82, 2.24) is 10.2 Å². The molecule has 1 heterocycles. The Bertz CT molecular complexity index is 223. The van der Waals surface area contributed by atoms with Gasteiger partial charge in [0.1, 0.15) is 0 Å². The standard InChI is InChI=1S/C16H34N2/c1-6-14(5)15(17-9-4)12-18-11-10-16(7-2,8-3)13-18/h14-15,17H,6-13H2,1-5H3. The molecule has 108 valence electrons. The number of nitrogens with one attached hydrogen (secondary N) is 1. The van der Waals surface area contributed by atoms with E-state index in [1.807, 2.05) is 0 Å². The maximum atomic E-state index is 3.68. The predicted octanol–water partition coefficient (Wildman–Crippen LogP) is 3.52. The highest BCUT2D eigenvalue weighted by molar-refractivity contribution is 4.90. The highest BCUT2D eigenvalue weighted by Gasteiger charge is 2.35. The van der Waals surface area contributed by atoms with Crippen LogP contribution in [0.25, 0.3) is 0 Å². The van der Waals surface area contributed by atoms with Crippen molar-refractivity contribution < 1.29 is 0 Å². The van der Waals surface area contributed by atoms with E-state index in [1.54, 1.807) is 0 Å². The quantitative estimate of drug-likeness (QED) is 0.713. The van der Waals surface area contributed by atoms with Crippen molar-refractivity contribution in [3.05, 3.63) is 0 Å². The highest BCUT2D eigenvalue weighted by Crippen LogP contribution is 2.37. The van der Waals surface area contributed by atoms with Crippen molar-refractivity contribution >= 4 is 0 Å². The van der Waals surface area contributed by atoms with Gasteiger partial charge in [0, 0.05) is 19.1 Å². The molecule has 1 N–H and O–H groups in total. The zero-order valence-electron chi connectivity index (χ0n) is 13.3. The Morgan fingerprint density at radius 2 is 1.83 bits per heavy atom. The lowest BCUT2D eigenvalue weighted by molar-refractivity contribution is 0.206. The molecule has 0 radical (unpaired) electrons. The van der Waals surface area contributed by atoms with Crippen LogP contribution in [0.3, 0.4) is 0 Å². The lowest BCUT2D eigenvalue weighted by Crippen LogP contribution is -2.44. The minimum atomic E-state index is 0.617. The minimum Gasteiger partial charge on any atom is -0.313 e. The fraction of sp³-hybridized carbons (Fsp3) is 1.00. The van der Waals surface area contributed by atoms with Crippen molar-refractivity contribution in [2.24, 2.45) is 11.3 Å². The van der Waals surface area contributed by atoms with Gasteiger partial charge in [-0.25, -0.2) is 0 Å². The molecule has 0 aromatic heterocycles. The largest absolute Gasteiger partial charge is 0.313 e. The van der Waals surface area contributed by atoms with Gasteiger partial charge >= 0.3 is 0 Å². The van der Waals surface area contributed by atoms with Gasteiger partial charge in [0.25, 0.3) is 0 Å². The Labute approximate surface area is 115 Å². The Morgan fingerprint density at radius 3 is 2.28 bits per heavy atom. The van der Waals surface area contributed by atoms with Crippen LogP contribution >= 0.6 is 0 Å². The molecule has 0 amide bonds.